The van der Waals surface area contributed by atoms with Gasteiger partial charge < -0.3 is 9.47 Å². The summed E-state index contributed by atoms with van der Waals surface area (Å²) in [6, 6.07) is 7.47. The van der Waals surface area contributed by atoms with E-state index in [1.54, 1.807) is 6.07 Å². The lowest BCUT2D eigenvalue weighted by Crippen LogP contribution is -2.11. The maximum Gasteiger partial charge on any atom is 0.150 e. The minimum atomic E-state index is 0.213. The van der Waals surface area contributed by atoms with E-state index in [-0.39, 0.29) is 6.10 Å². The first-order valence-electron chi connectivity index (χ1n) is 5.12. The smallest absolute Gasteiger partial charge is 0.150 e. The second-order valence-electron chi connectivity index (χ2n) is 3.66. The van der Waals surface area contributed by atoms with Crippen LogP contribution in [-0.2, 0) is 16.1 Å². The molecule has 1 atom stereocenters. The molecule has 1 heterocycles. The first-order chi connectivity index (χ1) is 7.38. The number of benzene rings is 1. The summed E-state index contributed by atoms with van der Waals surface area (Å²) >= 11 is 0. The Morgan fingerprint density at radius 2 is 2.47 bits per heavy atom. The summed E-state index contributed by atoms with van der Waals surface area (Å²) in [5, 5.41) is 0. The molecule has 0 aliphatic carbocycles. The van der Waals surface area contributed by atoms with Crippen molar-refractivity contribution in [2.24, 2.45) is 0 Å². The van der Waals surface area contributed by atoms with Gasteiger partial charge in [-0.2, -0.15) is 0 Å². The van der Waals surface area contributed by atoms with Gasteiger partial charge in [-0.15, -0.1) is 0 Å². The van der Waals surface area contributed by atoms with Gasteiger partial charge in [0.15, 0.2) is 0 Å². The van der Waals surface area contributed by atoms with Crippen molar-refractivity contribution in [3.8, 4) is 0 Å². The van der Waals surface area contributed by atoms with Crippen molar-refractivity contribution in [2.45, 2.75) is 19.1 Å². The highest BCUT2D eigenvalue weighted by molar-refractivity contribution is 5.74. The summed E-state index contributed by atoms with van der Waals surface area (Å²) in [6.07, 6.45) is 2.03. The van der Waals surface area contributed by atoms with Gasteiger partial charge >= 0.3 is 0 Å². The number of hydrogen-bond acceptors (Lipinski definition) is 3. The Bertz CT molecular complexity index is 329. The van der Waals surface area contributed by atoms with E-state index in [1.165, 1.54) is 0 Å². The topological polar surface area (TPSA) is 35.5 Å². The molecule has 0 radical (unpaired) electrons. The van der Waals surface area contributed by atoms with Crippen molar-refractivity contribution in [1.29, 1.82) is 0 Å². The quantitative estimate of drug-likeness (QED) is 0.705. The highest BCUT2D eigenvalue weighted by atomic mass is 16.5. The van der Waals surface area contributed by atoms with Crippen LogP contribution < -0.4 is 0 Å². The lowest BCUT2D eigenvalue weighted by Gasteiger charge is -2.09. The van der Waals surface area contributed by atoms with Crippen LogP contribution in [0.1, 0.15) is 22.3 Å². The van der Waals surface area contributed by atoms with Gasteiger partial charge in [0, 0.05) is 12.2 Å². The van der Waals surface area contributed by atoms with Crippen molar-refractivity contribution >= 4 is 6.29 Å². The lowest BCUT2D eigenvalue weighted by molar-refractivity contribution is 0.0317. The summed E-state index contributed by atoms with van der Waals surface area (Å²) < 4.78 is 10.9. The van der Waals surface area contributed by atoms with E-state index >= 15 is 0 Å². The van der Waals surface area contributed by atoms with Crippen LogP contribution in [0.4, 0.5) is 0 Å². The fourth-order valence-corrected chi connectivity index (χ4v) is 1.61. The number of hydrogen-bond donors (Lipinski definition) is 0. The predicted octanol–water partition coefficient (Wildman–Crippen LogP) is 1.80. The van der Waals surface area contributed by atoms with Crippen LogP contribution in [-0.4, -0.2) is 25.6 Å². The first kappa shape index (κ1) is 10.3. The van der Waals surface area contributed by atoms with E-state index < -0.39 is 0 Å². The number of carbonyl (C=O) groups is 1. The minimum Gasteiger partial charge on any atom is -0.379 e. The average molecular weight is 206 g/mol. The molecule has 15 heavy (non-hydrogen) atoms. The van der Waals surface area contributed by atoms with Gasteiger partial charge in [-0.3, -0.25) is 4.79 Å². The second-order valence-corrected chi connectivity index (χ2v) is 3.66. The summed E-state index contributed by atoms with van der Waals surface area (Å²) in [5.74, 6) is 0. The molecule has 80 valence electrons. The van der Waals surface area contributed by atoms with E-state index in [0.717, 1.165) is 24.9 Å². The van der Waals surface area contributed by atoms with Crippen molar-refractivity contribution in [2.75, 3.05) is 13.2 Å². The molecule has 0 unspecified atom stereocenters. The highest BCUT2D eigenvalue weighted by Gasteiger charge is 2.15. The Labute approximate surface area is 89.0 Å². The molecule has 1 fully saturated rings. The zero-order valence-corrected chi connectivity index (χ0v) is 8.52. The number of rotatable bonds is 4. The van der Waals surface area contributed by atoms with E-state index in [1.807, 2.05) is 18.2 Å². The van der Waals surface area contributed by atoms with Gasteiger partial charge in [-0.05, 0) is 18.1 Å². The molecule has 0 aromatic heterocycles. The average Bonchev–Trinajstić information content (AvgIpc) is 2.79. The summed E-state index contributed by atoms with van der Waals surface area (Å²) in [5.41, 5.74) is 1.73. The molecular weight excluding hydrogens is 192 g/mol. The van der Waals surface area contributed by atoms with Crippen molar-refractivity contribution < 1.29 is 14.3 Å². The zero-order chi connectivity index (χ0) is 10.5. The largest absolute Gasteiger partial charge is 0.379 e. The summed E-state index contributed by atoms with van der Waals surface area (Å²) in [6.45, 7) is 2.03. The van der Waals surface area contributed by atoms with Crippen LogP contribution in [0.5, 0.6) is 0 Å². The van der Waals surface area contributed by atoms with Gasteiger partial charge in [0.25, 0.3) is 0 Å². The van der Waals surface area contributed by atoms with Crippen LogP contribution in [0.15, 0.2) is 24.3 Å². The molecule has 1 aromatic rings. The fourth-order valence-electron chi connectivity index (χ4n) is 1.61. The predicted molar refractivity (Wildman–Crippen MR) is 55.8 cm³/mol. The van der Waals surface area contributed by atoms with Crippen LogP contribution >= 0.6 is 0 Å². The van der Waals surface area contributed by atoms with Crippen molar-refractivity contribution in [1.82, 2.24) is 0 Å². The molecular formula is C12H14O3. The van der Waals surface area contributed by atoms with Crippen LogP contribution in [0.3, 0.4) is 0 Å². The Morgan fingerprint density at radius 3 is 3.20 bits per heavy atom. The third-order valence-electron chi connectivity index (χ3n) is 2.46. The minimum absolute atomic E-state index is 0.213. The Balaban J connectivity index is 1.89. The number of carbonyl (C=O) groups excluding carboxylic acids is 1. The number of aldehydes is 1. The van der Waals surface area contributed by atoms with E-state index in [4.69, 9.17) is 9.47 Å². The molecule has 0 bridgehead atoms. The Morgan fingerprint density at radius 1 is 1.53 bits per heavy atom. The standard InChI is InChI=1S/C12H14O3/c13-7-10-2-1-3-11(6-10)8-15-12-4-5-14-9-12/h1-3,6-7,12H,4-5,8-9H2/t12-/m0/s1. The van der Waals surface area contributed by atoms with E-state index in [9.17, 15) is 4.79 Å². The normalized spacial score (nSPS) is 20.4. The zero-order valence-electron chi connectivity index (χ0n) is 8.52. The molecule has 1 saturated heterocycles. The first-order valence-corrected chi connectivity index (χ1v) is 5.12. The monoisotopic (exact) mass is 206 g/mol. The molecule has 2 rings (SSSR count). The number of ether oxygens (including phenoxy) is 2. The molecule has 0 saturated carbocycles. The molecule has 1 aromatic carbocycles. The molecule has 0 amide bonds. The van der Waals surface area contributed by atoms with Gasteiger partial charge in [0.1, 0.15) is 6.29 Å². The molecule has 3 heteroatoms. The Kier molecular flexibility index (Phi) is 3.48. The lowest BCUT2D eigenvalue weighted by atomic mass is 10.1. The summed E-state index contributed by atoms with van der Waals surface area (Å²) in [4.78, 5) is 10.6. The van der Waals surface area contributed by atoms with Gasteiger partial charge in [-0.25, -0.2) is 0 Å². The van der Waals surface area contributed by atoms with Crippen LogP contribution in [0.25, 0.3) is 0 Å². The van der Waals surface area contributed by atoms with Gasteiger partial charge in [-0.1, -0.05) is 18.2 Å². The van der Waals surface area contributed by atoms with E-state index in [2.05, 4.69) is 0 Å². The molecule has 0 spiro atoms. The molecule has 0 N–H and O–H groups in total. The maximum absolute atomic E-state index is 10.6. The third-order valence-corrected chi connectivity index (χ3v) is 2.46. The van der Waals surface area contributed by atoms with Gasteiger partial charge in [0.05, 0.1) is 19.3 Å². The SMILES string of the molecule is O=Cc1cccc(CO[C@H]2CCOC2)c1. The highest BCUT2D eigenvalue weighted by Crippen LogP contribution is 2.12. The van der Waals surface area contributed by atoms with Crippen molar-refractivity contribution in [3.63, 3.8) is 0 Å². The second kappa shape index (κ2) is 5.05. The molecule has 3 nitrogen and oxygen atoms in total. The molecule has 1 aliphatic heterocycles. The van der Waals surface area contributed by atoms with E-state index in [0.29, 0.717) is 18.8 Å². The summed E-state index contributed by atoms with van der Waals surface area (Å²) in [7, 11) is 0. The third kappa shape index (κ3) is 2.88. The van der Waals surface area contributed by atoms with Gasteiger partial charge in [0.2, 0.25) is 0 Å². The molecule has 1 aliphatic rings. The van der Waals surface area contributed by atoms with Crippen LogP contribution in [0.2, 0.25) is 0 Å². The maximum atomic E-state index is 10.6. The Hall–Kier alpha value is -1.19. The fraction of sp³-hybridized carbons (Fsp3) is 0.417. The van der Waals surface area contributed by atoms with Crippen LogP contribution in [0, 0.1) is 0 Å². The van der Waals surface area contributed by atoms with Crippen molar-refractivity contribution in [3.05, 3.63) is 35.4 Å².